The molecule has 0 saturated carbocycles. The molecule has 0 amide bonds. The Balaban J connectivity index is 1.77. The molecule has 0 radical (unpaired) electrons. The van der Waals surface area contributed by atoms with E-state index in [-0.39, 0.29) is 10.6 Å². The molecule has 4 aromatic carbocycles. The summed E-state index contributed by atoms with van der Waals surface area (Å²) >= 11 is 0. The quantitative estimate of drug-likeness (QED) is 0.329. The van der Waals surface area contributed by atoms with Crippen LogP contribution in [0.1, 0.15) is 0 Å². The molecule has 0 bridgehead atoms. The van der Waals surface area contributed by atoms with Crippen LogP contribution in [0.5, 0.6) is 5.75 Å². The summed E-state index contributed by atoms with van der Waals surface area (Å²) in [4.78, 5) is 10.6. The third-order valence-electron chi connectivity index (χ3n) is 4.65. The predicted molar refractivity (Wildman–Crippen MR) is 108 cm³/mol. The first-order valence-electron chi connectivity index (χ1n) is 8.58. The molecule has 0 saturated heterocycles. The number of ether oxygens (including phenoxy) is 1. The van der Waals surface area contributed by atoms with E-state index in [4.69, 9.17) is 4.74 Å². The van der Waals surface area contributed by atoms with Gasteiger partial charge in [0.15, 0.2) is 0 Å². The van der Waals surface area contributed by atoms with Crippen molar-refractivity contribution in [2.45, 2.75) is 0 Å². The zero-order chi connectivity index (χ0) is 18.8. The van der Waals surface area contributed by atoms with Crippen molar-refractivity contribution in [3.8, 4) is 28.0 Å². The molecule has 0 heterocycles. The Kier molecular flexibility index (Phi) is 4.30. The minimum atomic E-state index is -0.371. The van der Waals surface area contributed by atoms with Crippen LogP contribution in [0, 0.1) is 10.1 Å². The summed E-state index contributed by atoms with van der Waals surface area (Å²) in [7, 11) is 1.67. The number of fused-ring (bicyclic) bond motifs is 1. The topological polar surface area (TPSA) is 52.4 Å². The maximum Gasteiger partial charge on any atom is 0.270 e. The molecule has 4 heteroatoms. The molecule has 4 rings (SSSR count). The van der Waals surface area contributed by atoms with E-state index in [2.05, 4.69) is 24.3 Å². The van der Waals surface area contributed by atoms with Gasteiger partial charge in [0.1, 0.15) is 5.75 Å². The van der Waals surface area contributed by atoms with E-state index in [1.54, 1.807) is 19.2 Å². The number of non-ortho nitro benzene ring substituents is 1. The molecular weight excluding hydrogens is 338 g/mol. The number of nitrogens with zero attached hydrogens (tertiary/aromatic N) is 1. The third-order valence-corrected chi connectivity index (χ3v) is 4.65. The van der Waals surface area contributed by atoms with Gasteiger partial charge in [0.25, 0.3) is 5.69 Å². The summed E-state index contributed by atoms with van der Waals surface area (Å²) in [5, 5.41) is 13.2. The van der Waals surface area contributed by atoms with Gasteiger partial charge in [-0.1, -0.05) is 54.6 Å². The molecule has 4 nitrogen and oxygen atoms in total. The Labute approximate surface area is 156 Å². The van der Waals surface area contributed by atoms with Gasteiger partial charge in [-0.15, -0.1) is 0 Å². The van der Waals surface area contributed by atoms with Gasteiger partial charge in [-0.3, -0.25) is 10.1 Å². The van der Waals surface area contributed by atoms with Crippen LogP contribution in [-0.2, 0) is 0 Å². The highest BCUT2D eigenvalue weighted by atomic mass is 16.6. The second kappa shape index (κ2) is 6.92. The van der Waals surface area contributed by atoms with Gasteiger partial charge in [-0.05, 0) is 45.7 Å². The highest BCUT2D eigenvalue weighted by molar-refractivity contribution is 5.91. The van der Waals surface area contributed by atoms with Crippen LogP contribution in [-0.4, -0.2) is 12.0 Å². The molecule has 0 N–H and O–H groups in total. The lowest BCUT2D eigenvalue weighted by atomic mass is 9.97. The Morgan fingerprint density at radius 2 is 1.41 bits per heavy atom. The Morgan fingerprint density at radius 1 is 0.741 bits per heavy atom. The molecule has 4 aromatic rings. The summed E-state index contributed by atoms with van der Waals surface area (Å²) < 4.78 is 5.46. The first kappa shape index (κ1) is 16.8. The number of methoxy groups -OCH3 is 1. The van der Waals surface area contributed by atoms with Gasteiger partial charge in [-0.2, -0.15) is 0 Å². The van der Waals surface area contributed by atoms with Crippen molar-refractivity contribution < 1.29 is 9.66 Å². The first-order valence-corrected chi connectivity index (χ1v) is 8.58. The predicted octanol–water partition coefficient (Wildman–Crippen LogP) is 6.09. The number of rotatable bonds is 4. The van der Waals surface area contributed by atoms with Crippen molar-refractivity contribution in [1.29, 1.82) is 0 Å². The fourth-order valence-corrected chi connectivity index (χ4v) is 3.27. The molecule has 0 unspecified atom stereocenters. The van der Waals surface area contributed by atoms with E-state index in [0.717, 1.165) is 38.8 Å². The Hall–Kier alpha value is -3.66. The van der Waals surface area contributed by atoms with Gasteiger partial charge < -0.3 is 4.74 Å². The normalized spacial score (nSPS) is 10.7. The SMILES string of the molecule is COc1ccccc1-c1ccc2cc(-c3cccc([N+](=O)[O-])c3)ccc2c1. The van der Waals surface area contributed by atoms with E-state index < -0.39 is 0 Å². The van der Waals surface area contributed by atoms with Gasteiger partial charge in [0.05, 0.1) is 12.0 Å². The molecule has 0 atom stereocenters. The monoisotopic (exact) mass is 355 g/mol. The number of hydrogen-bond donors (Lipinski definition) is 0. The third kappa shape index (κ3) is 3.25. The molecule has 0 spiro atoms. The number of nitro groups is 1. The van der Waals surface area contributed by atoms with Crippen LogP contribution in [0.15, 0.2) is 84.9 Å². The van der Waals surface area contributed by atoms with Crippen LogP contribution >= 0.6 is 0 Å². The first-order chi connectivity index (χ1) is 13.2. The van der Waals surface area contributed by atoms with Crippen LogP contribution < -0.4 is 4.74 Å². The van der Waals surface area contributed by atoms with E-state index in [0.29, 0.717) is 0 Å². The fourth-order valence-electron chi connectivity index (χ4n) is 3.27. The second-order valence-corrected chi connectivity index (χ2v) is 6.28. The van der Waals surface area contributed by atoms with Crippen molar-refractivity contribution >= 4 is 16.5 Å². The summed E-state index contributed by atoms with van der Waals surface area (Å²) in [6.07, 6.45) is 0. The Morgan fingerprint density at radius 3 is 2.15 bits per heavy atom. The molecular formula is C23H17NO3. The minimum Gasteiger partial charge on any atom is -0.496 e. The summed E-state index contributed by atoms with van der Waals surface area (Å²) in [5.41, 5.74) is 4.02. The van der Waals surface area contributed by atoms with E-state index in [1.165, 1.54) is 6.07 Å². The highest BCUT2D eigenvalue weighted by Gasteiger charge is 2.09. The molecule has 0 aliphatic rings. The van der Waals surface area contributed by atoms with Crippen molar-refractivity contribution in [1.82, 2.24) is 0 Å². The van der Waals surface area contributed by atoms with Crippen molar-refractivity contribution in [3.05, 3.63) is 95.0 Å². The molecule has 0 aliphatic carbocycles. The van der Waals surface area contributed by atoms with Gasteiger partial charge in [0.2, 0.25) is 0 Å². The van der Waals surface area contributed by atoms with E-state index in [9.17, 15) is 10.1 Å². The van der Waals surface area contributed by atoms with Gasteiger partial charge >= 0.3 is 0 Å². The summed E-state index contributed by atoms with van der Waals surface area (Å²) in [6, 6.07) is 27.0. The molecule has 132 valence electrons. The van der Waals surface area contributed by atoms with Crippen LogP contribution in [0.3, 0.4) is 0 Å². The molecule has 0 fully saturated rings. The van der Waals surface area contributed by atoms with E-state index in [1.807, 2.05) is 42.5 Å². The number of hydrogen-bond acceptors (Lipinski definition) is 3. The molecule has 27 heavy (non-hydrogen) atoms. The fraction of sp³-hybridized carbons (Fsp3) is 0.0435. The lowest BCUT2D eigenvalue weighted by Gasteiger charge is -2.10. The number of nitro benzene ring substituents is 1. The van der Waals surface area contributed by atoms with Crippen LogP contribution in [0.2, 0.25) is 0 Å². The van der Waals surface area contributed by atoms with Crippen molar-refractivity contribution in [2.75, 3.05) is 7.11 Å². The van der Waals surface area contributed by atoms with Crippen molar-refractivity contribution in [2.24, 2.45) is 0 Å². The van der Waals surface area contributed by atoms with E-state index >= 15 is 0 Å². The maximum absolute atomic E-state index is 11.0. The largest absolute Gasteiger partial charge is 0.496 e. The number of benzene rings is 4. The standard InChI is InChI=1S/C23H17NO3/c1-27-23-8-3-2-7-22(23)20-12-11-18-13-17(9-10-19(18)14-20)16-5-4-6-21(15-16)24(25)26/h2-15H,1H3. The van der Waals surface area contributed by atoms with Gasteiger partial charge in [-0.25, -0.2) is 0 Å². The molecule has 0 aromatic heterocycles. The average molecular weight is 355 g/mol. The zero-order valence-corrected chi connectivity index (χ0v) is 14.8. The smallest absolute Gasteiger partial charge is 0.270 e. The maximum atomic E-state index is 11.0. The summed E-state index contributed by atoms with van der Waals surface area (Å²) in [5.74, 6) is 0.838. The van der Waals surface area contributed by atoms with Crippen LogP contribution in [0.25, 0.3) is 33.0 Å². The molecule has 0 aliphatic heterocycles. The lowest BCUT2D eigenvalue weighted by Crippen LogP contribution is -1.89. The average Bonchev–Trinajstić information content (AvgIpc) is 2.73. The minimum absolute atomic E-state index is 0.0964. The Bertz CT molecular complexity index is 1150. The van der Waals surface area contributed by atoms with Crippen molar-refractivity contribution in [3.63, 3.8) is 0 Å². The van der Waals surface area contributed by atoms with Gasteiger partial charge in [0, 0.05) is 17.7 Å². The lowest BCUT2D eigenvalue weighted by molar-refractivity contribution is -0.384. The number of para-hydroxylation sites is 1. The zero-order valence-electron chi connectivity index (χ0n) is 14.8. The summed E-state index contributed by atoms with van der Waals surface area (Å²) in [6.45, 7) is 0. The van der Waals surface area contributed by atoms with Crippen LogP contribution in [0.4, 0.5) is 5.69 Å². The highest BCUT2D eigenvalue weighted by Crippen LogP contribution is 2.33. The second-order valence-electron chi connectivity index (χ2n) is 6.28.